The number of ketones is 1. The Kier molecular flexibility index (Phi) is 7.45. The number of halogens is 1. The number of rotatable bonds is 7. The first kappa shape index (κ1) is 21.0. The summed E-state index contributed by atoms with van der Waals surface area (Å²) in [6.45, 7) is 4.70. The molecule has 0 radical (unpaired) electrons. The number of carbonyl (C=O) groups excluding carboxylic acids is 3. The van der Waals surface area contributed by atoms with Crippen LogP contribution in [-0.4, -0.2) is 29.0 Å². The van der Waals surface area contributed by atoms with Crippen molar-refractivity contribution in [3.05, 3.63) is 59.1 Å². The van der Waals surface area contributed by atoms with Gasteiger partial charge in [0, 0.05) is 21.2 Å². The Morgan fingerprint density at radius 1 is 1.00 bits per heavy atom. The molecule has 0 unspecified atom stereocenters. The second-order valence-corrected chi connectivity index (χ2v) is 7.77. The standard InChI is InChI=1S/C20H20ClNO4S/c1-12(23)15-4-8-17(9-5-15)22-19(24)13(2)26-20(25)14(3)27-18-10-6-16(21)7-11-18/h4-11,13-14H,1-3H3,(H,22,24)/t13-,14-/m0/s1. The molecule has 1 N–H and O–H groups in total. The van der Waals surface area contributed by atoms with Crippen molar-refractivity contribution in [3.8, 4) is 0 Å². The molecule has 2 atom stereocenters. The third-order valence-electron chi connectivity index (χ3n) is 3.68. The number of nitrogens with one attached hydrogen (secondary N) is 1. The van der Waals surface area contributed by atoms with Gasteiger partial charge in [-0.2, -0.15) is 0 Å². The van der Waals surface area contributed by atoms with Gasteiger partial charge in [0.2, 0.25) is 0 Å². The Balaban J connectivity index is 1.87. The number of hydrogen-bond donors (Lipinski definition) is 1. The summed E-state index contributed by atoms with van der Waals surface area (Å²) in [5, 5.41) is 2.80. The highest BCUT2D eigenvalue weighted by Crippen LogP contribution is 2.25. The van der Waals surface area contributed by atoms with E-state index in [1.54, 1.807) is 43.3 Å². The van der Waals surface area contributed by atoms with Crippen LogP contribution in [-0.2, 0) is 14.3 Å². The number of thioether (sulfide) groups is 1. The molecule has 2 aromatic rings. The monoisotopic (exact) mass is 405 g/mol. The lowest BCUT2D eigenvalue weighted by atomic mass is 10.1. The predicted molar refractivity (Wildman–Crippen MR) is 107 cm³/mol. The SMILES string of the molecule is CC(=O)c1ccc(NC(=O)[C@H](C)OC(=O)[C@H](C)Sc2ccc(Cl)cc2)cc1. The van der Waals surface area contributed by atoms with Crippen LogP contribution in [0.3, 0.4) is 0 Å². The van der Waals surface area contributed by atoms with Gasteiger partial charge in [0.1, 0.15) is 5.25 Å². The second-order valence-electron chi connectivity index (χ2n) is 5.92. The zero-order valence-electron chi connectivity index (χ0n) is 15.2. The van der Waals surface area contributed by atoms with Crippen LogP contribution >= 0.6 is 23.4 Å². The summed E-state index contributed by atoms with van der Waals surface area (Å²) >= 11 is 7.17. The van der Waals surface area contributed by atoms with E-state index in [4.69, 9.17) is 16.3 Å². The minimum Gasteiger partial charge on any atom is -0.452 e. The third-order valence-corrected chi connectivity index (χ3v) is 5.02. The van der Waals surface area contributed by atoms with Gasteiger partial charge < -0.3 is 10.1 Å². The first-order valence-electron chi connectivity index (χ1n) is 8.31. The van der Waals surface area contributed by atoms with Crippen LogP contribution in [0, 0.1) is 0 Å². The number of carbonyl (C=O) groups is 3. The highest BCUT2D eigenvalue weighted by molar-refractivity contribution is 8.00. The number of Topliss-reactive ketones (excluding diaryl/α,β-unsaturated/α-hetero) is 1. The Hall–Kier alpha value is -2.31. The van der Waals surface area contributed by atoms with Gasteiger partial charge in [0.15, 0.2) is 11.9 Å². The van der Waals surface area contributed by atoms with Gasteiger partial charge in [-0.25, -0.2) is 0 Å². The Labute approximate surface area is 167 Å². The van der Waals surface area contributed by atoms with E-state index in [0.717, 1.165) is 4.90 Å². The molecular formula is C20H20ClNO4S. The van der Waals surface area contributed by atoms with Crippen LogP contribution in [0.2, 0.25) is 5.02 Å². The second kappa shape index (κ2) is 9.58. The third kappa shape index (κ3) is 6.41. The Bertz CT molecular complexity index is 821. The summed E-state index contributed by atoms with van der Waals surface area (Å²) in [4.78, 5) is 36.6. The normalized spacial score (nSPS) is 12.7. The van der Waals surface area contributed by atoms with Crippen molar-refractivity contribution < 1.29 is 19.1 Å². The summed E-state index contributed by atoms with van der Waals surface area (Å²) in [7, 11) is 0. The maximum absolute atomic E-state index is 12.2. The minimum absolute atomic E-state index is 0.0534. The molecule has 0 saturated heterocycles. The molecule has 142 valence electrons. The fraction of sp³-hybridized carbons (Fsp3) is 0.250. The molecule has 0 aliphatic carbocycles. The van der Waals surface area contributed by atoms with Crippen molar-refractivity contribution in [1.82, 2.24) is 0 Å². The fourth-order valence-electron chi connectivity index (χ4n) is 2.12. The number of hydrogen-bond acceptors (Lipinski definition) is 5. The molecule has 0 saturated carbocycles. The van der Waals surface area contributed by atoms with Gasteiger partial charge in [-0.15, -0.1) is 11.8 Å². The average molecular weight is 406 g/mol. The number of esters is 1. The molecule has 0 aromatic heterocycles. The van der Waals surface area contributed by atoms with Crippen molar-refractivity contribution in [3.63, 3.8) is 0 Å². The van der Waals surface area contributed by atoms with Gasteiger partial charge >= 0.3 is 5.97 Å². The molecule has 27 heavy (non-hydrogen) atoms. The van der Waals surface area contributed by atoms with Gasteiger partial charge in [0.05, 0.1) is 0 Å². The summed E-state index contributed by atoms with van der Waals surface area (Å²) in [5.74, 6) is -0.977. The number of ether oxygens (including phenoxy) is 1. The van der Waals surface area contributed by atoms with Gasteiger partial charge in [-0.05, 0) is 69.3 Å². The number of benzene rings is 2. The van der Waals surface area contributed by atoms with Crippen LogP contribution in [0.25, 0.3) is 0 Å². The van der Waals surface area contributed by atoms with Gasteiger partial charge in [0.25, 0.3) is 5.91 Å². The maximum Gasteiger partial charge on any atom is 0.319 e. The van der Waals surface area contributed by atoms with E-state index in [2.05, 4.69) is 5.32 Å². The van der Waals surface area contributed by atoms with E-state index >= 15 is 0 Å². The molecule has 0 spiro atoms. The number of amides is 1. The van der Waals surface area contributed by atoms with Crippen LogP contribution in [0.4, 0.5) is 5.69 Å². The topological polar surface area (TPSA) is 72.5 Å². The van der Waals surface area contributed by atoms with Crippen molar-refractivity contribution in [2.24, 2.45) is 0 Å². The maximum atomic E-state index is 12.2. The lowest BCUT2D eigenvalue weighted by Crippen LogP contribution is -2.32. The molecular weight excluding hydrogens is 386 g/mol. The lowest BCUT2D eigenvalue weighted by molar-refractivity contribution is -0.152. The van der Waals surface area contributed by atoms with E-state index in [0.29, 0.717) is 16.3 Å². The van der Waals surface area contributed by atoms with Crippen LogP contribution in [0.5, 0.6) is 0 Å². The lowest BCUT2D eigenvalue weighted by Gasteiger charge is -2.16. The first-order chi connectivity index (χ1) is 12.8. The molecule has 0 heterocycles. The van der Waals surface area contributed by atoms with Crippen molar-refractivity contribution in [1.29, 1.82) is 0 Å². The van der Waals surface area contributed by atoms with E-state index < -0.39 is 23.2 Å². The molecule has 2 aromatic carbocycles. The van der Waals surface area contributed by atoms with Crippen molar-refractivity contribution in [2.45, 2.75) is 37.0 Å². The summed E-state index contributed by atoms with van der Waals surface area (Å²) in [6.07, 6.45) is -0.946. The van der Waals surface area contributed by atoms with Gasteiger partial charge in [-0.3, -0.25) is 14.4 Å². The zero-order valence-corrected chi connectivity index (χ0v) is 16.8. The largest absolute Gasteiger partial charge is 0.452 e. The van der Waals surface area contributed by atoms with E-state index in [9.17, 15) is 14.4 Å². The molecule has 0 aliphatic heterocycles. The smallest absolute Gasteiger partial charge is 0.319 e. The summed E-state index contributed by atoms with van der Waals surface area (Å²) < 4.78 is 5.25. The Morgan fingerprint density at radius 2 is 1.59 bits per heavy atom. The molecule has 5 nitrogen and oxygen atoms in total. The fourth-order valence-corrected chi connectivity index (χ4v) is 3.10. The molecule has 0 fully saturated rings. The molecule has 0 aliphatic rings. The first-order valence-corrected chi connectivity index (χ1v) is 9.56. The summed E-state index contributed by atoms with van der Waals surface area (Å²) in [6, 6.07) is 13.6. The van der Waals surface area contributed by atoms with Crippen LogP contribution < -0.4 is 5.32 Å². The molecule has 1 amide bonds. The van der Waals surface area contributed by atoms with Crippen molar-refractivity contribution >= 4 is 46.7 Å². The van der Waals surface area contributed by atoms with Crippen LogP contribution in [0.15, 0.2) is 53.4 Å². The quantitative estimate of drug-likeness (QED) is 0.414. The van der Waals surface area contributed by atoms with E-state index in [1.807, 2.05) is 12.1 Å². The molecule has 0 bridgehead atoms. The molecule has 7 heteroatoms. The average Bonchev–Trinajstić information content (AvgIpc) is 2.63. The van der Waals surface area contributed by atoms with Gasteiger partial charge in [-0.1, -0.05) is 11.6 Å². The van der Waals surface area contributed by atoms with E-state index in [1.165, 1.54) is 25.6 Å². The highest BCUT2D eigenvalue weighted by Gasteiger charge is 2.23. The minimum atomic E-state index is -0.946. The molecule has 2 rings (SSSR count). The predicted octanol–water partition coefficient (Wildman–Crippen LogP) is 4.59. The highest BCUT2D eigenvalue weighted by atomic mass is 35.5. The summed E-state index contributed by atoms with van der Waals surface area (Å²) in [5.41, 5.74) is 1.08. The Morgan fingerprint density at radius 3 is 2.15 bits per heavy atom. The number of anilines is 1. The van der Waals surface area contributed by atoms with Crippen molar-refractivity contribution in [2.75, 3.05) is 5.32 Å². The van der Waals surface area contributed by atoms with E-state index in [-0.39, 0.29) is 5.78 Å². The zero-order chi connectivity index (χ0) is 20.0. The van der Waals surface area contributed by atoms with Crippen LogP contribution in [0.1, 0.15) is 31.1 Å².